The largest absolute Gasteiger partial charge is 0.530 e. The summed E-state index contributed by atoms with van der Waals surface area (Å²) >= 11 is 6.45. The second-order valence-electron chi connectivity index (χ2n) is 17.5. The normalized spacial score (nSPS) is 19.6. The summed E-state index contributed by atoms with van der Waals surface area (Å²) in [4.78, 5) is 17.0. The standard InChI is InChI=1S/C50H71ClN5O10P/c1-4-5-6-7-8-9-10-11-12-13-14-15-16-17-18-24-31-60-33-40(61-32-39-25-20-19-21-26-39)34-62-67(59,66-43-28-23-22-27-41(43)51)63-35-44-46(64-49(58)38(2)3)47(57)50(36-52,65-44)45-30-29-42-48(53)54-37-55-56(42)45/h19-23,25-30,37-38,40,44,46-47,57H,4-18,24,31-35H2,1-3H3,(H2,53,54,55)/t40-,44-,46-,47-,50+,67?/m1/s1. The maximum absolute atomic E-state index is 14.8. The van der Waals surface area contributed by atoms with Crippen LogP contribution in [-0.2, 0) is 49.6 Å². The van der Waals surface area contributed by atoms with E-state index in [1.807, 2.05) is 30.3 Å². The first kappa shape index (κ1) is 53.8. The van der Waals surface area contributed by atoms with Crippen LogP contribution in [-0.4, -0.2) is 76.5 Å². The molecule has 3 heterocycles. The number of anilines is 1. The number of phosphoric ester groups is 1. The number of phosphoric acid groups is 1. The highest BCUT2D eigenvalue weighted by Crippen LogP contribution is 2.52. The van der Waals surface area contributed by atoms with Crippen LogP contribution >= 0.6 is 19.4 Å². The number of nitrogens with zero attached hydrogens (tertiary/aromatic N) is 4. The molecule has 0 aliphatic carbocycles. The molecule has 5 rings (SSSR count). The first-order chi connectivity index (χ1) is 32.5. The van der Waals surface area contributed by atoms with Crippen molar-refractivity contribution in [3.63, 3.8) is 0 Å². The van der Waals surface area contributed by atoms with E-state index < -0.39 is 56.3 Å². The van der Waals surface area contributed by atoms with Gasteiger partial charge < -0.3 is 34.3 Å². The molecule has 6 atom stereocenters. The monoisotopic (exact) mass is 967 g/mol. The average Bonchev–Trinajstić information content (AvgIpc) is 3.89. The number of nitrogen functional groups attached to an aromatic ring is 1. The van der Waals surface area contributed by atoms with Crippen molar-refractivity contribution >= 4 is 36.7 Å². The predicted molar refractivity (Wildman–Crippen MR) is 257 cm³/mol. The number of benzene rings is 2. The van der Waals surface area contributed by atoms with E-state index in [0.29, 0.717) is 12.1 Å². The molecule has 0 bridgehead atoms. The molecule has 1 fully saturated rings. The molecule has 0 saturated carbocycles. The van der Waals surface area contributed by atoms with Crippen LogP contribution in [0, 0.1) is 17.2 Å². The first-order valence-corrected chi connectivity index (χ1v) is 26.0. The first-order valence-electron chi connectivity index (χ1n) is 24.1. The van der Waals surface area contributed by atoms with Gasteiger partial charge in [-0.2, -0.15) is 10.4 Å². The summed E-state index contributed by atoms with van der Waals surface area (Å²) in [6.07, 6.45) is 16.3. The Morgan fingerprint density at radius 2 is 1.52 bits per heavy atom. The summed E-state index contributed by atoms with van der Waals surface area (Å²) in [5, 5.41) is 26.9. The predicted octanol–water partition coefficient (Wildman–Crippen LogP) is 11.1. The van der Waals surface area contributed by atoms with E-state index >= 15 is 0 Å². The van der Waals surface area contributed by atoms with E-state index in [1.165, 1.54) is 106 Å². The van der Waals surface area contributed by atoms with E-state index in [4.69, 9.17) is 49.9 Å². The number of halogens is 1. The van der Waals surface area contributed by atoms with E-state index in [-0.39, 0.29) is 42.1 Å². The minimum Gasteiger partial charge on any atom is -0.456 e. The Kier molecular flexibility index (Phi) is 22.8. The van der Waals surface area contributed by atoms with Gasteiger partial charge in [0.25, 0.3) is 0 Å². The Hall–Kier alpha value is -4.10. The lowest BCUT2D eigenvalue weighted by atomic mass is 9.92. The molecule has 15 nitrogen and oxygen atoms in total. The number of nitrogens with two attached hydrogens (primary N) is 1. The summed E-state index contributed by atoms with van der Waals surface area (Å²) in [5.74, 6) is -1.16. The number of hydrogen-bond acceptors (Lipinski definition) is 14. The molecule has 0 radical (unpaired) electrons. The Labute approximate surface area is 401 Å². The molecule has 1 saturated heterocycles. The Balaban J connectivity index is 1.20. The van der Waals surface area contributed by atoms with Crippen LogP contribution in [0.1, 0.15) is 135 Å². The Bertz CT molecular complexity index is 2160. The van der Waals surface area contributed by atoms with Crippen LogP contribution in [0.2, 0.25) is 5.02 Å². The van der Waals surface area contributed by atoms with Gasteiger partial charge in [0.15, 0.2) is 11.9 Å². The highest BCUT2D eigenvalue weighted by Gasteiger charge is 2.60. The third-order valence-corrected chi connectivity index (χ3v) is 13.5. The lowest BCUT2D eigenvalue weighted by molar-refractivity contribution is -0.160. The number of aromatic nitrogens is 3. The molecule has 2 aromatic carbocycles. The number of ether oxygens (including phenoxy) is 4. The van der Waals surface area contributed by atoms with Crippen molar-refractivity contribution in [3.05, 3.63) is 89.3 Å². The number of nitriles is 1. The van der Waals surface area contributed by atoms with Crippen molar-refractivity contribution in [3.8, 4) is 11.8 Å². The fourth-order valence-electron chi connectivity index (χ4n) is 7.91. The van der Waals surface area contributed by atoms with Crippen LogP contribution < -0.4 is 10.3 Å². The molecule has 17 heteroatoms. The third kappa shape index (κ3) is 16.5. The van der Waals surface area contributed by atoms with Crippen molar-refractivity contribution in [2.24, 2.45) is 5.92 Å². The summed E-state index contributed by atoms with van der Waals surface area (Å²) in [7, 11) is -4.65. The minimum atomic E-state index is -4.65. The zero-order valence-electron chi connectivity index (χ0n) is 39.5. The summed E-state index contributed by atoms with van der Waals surface area (Å²) in [5.41, 5.74) is 5.27. The molecule has 3 N–H and O–H groups in total. The van der Waals surface area contributed by atoms with Gasteiger partial charge in [-0.1, -0.05) is 171 Å². The van der Waals surface area contributed by atoms with Crippen molar-refractivity contribution < 1.29 is 47.0 Å². The lowest BCUT2D eigenvalue weighted by Gasteiger charge is -2.25. The summed E-state index contributed by atoms with van der Waals surface area (Å²) in [6, 6.07) is 21.1. The fraction of sp³-hybridized carbons (Fsp3) is 0.600. The van der Waals surface area contributed by atoms with Gasteiger partial charge in [0.1, 0.15) is 42.0 Å². The van der Waals surface area contributed by atoms with Gasteiger partial charge >= 0.3 is 13.8 Å². The quantitative estimate of drug-likeness (QED) is 0.0260. The molecule has 0 spiro atoms. The molecule has 4 aromatic rings. The topological polar surface area (TPSA) is 199 Å². The van der Waals surface area contributed by atoms with E-state index in [0.717, 1.165) is 24.8 Å². The van der Waals surface area contributed by atoms with Crippen LogP contribution in [0.5, 0.6) is 5.75 Å². The smallest absolute Gasteiger partial charge is 0.456 e. The molecule has 2 aromatic heterocycles. The number of esters is 1. The highest BCUT2D eigenvalue weighted by molar-refractivity contribution is 7.48. The number of fused-ring (bicyclic) bond motifs is 1. The lowest BCUT2D eigenvalue weighted by Crippen LogP contribution is -2.43. The van der Waals surface area contributed by atoms with Gasteiger partial charge in [0.05, 0.1) is 43.1 Å². The van der Waals surface area contributed by atoms with Gasteiger partial charge in [0.2, 0.25) is 5.60 Å². The van der Waals surface area contributed by atoms with Crippen LogP contribution in [0.3, 0.4) is 0 Å². The van der Waals surface area contributed by atoms with Crippen molar-refractivity contribution in [2.45, 2.75) is 160 Å². The number of aliphatic hydroxyl groups excluding tert-OH is 1. The van der Waals surface area contributed by atoms with E-state index in [9.17, 15) is 19.7 Å². The summed E-state index contributed by atoms with van der Waals surface area (Å²) < 4.78 is 58.3. The van der Waals surface area contributed by atoms with Gasteiger partial charge in [-0.15, -0.1) is 0 Å². The molecule has 1 unspecified atom stereocenters. The maximum Gasteiger partial charge on any atom is 0.530 e. The van der Waals surface area contributed by atoms with Crippen molar-refractivity contribution in [1.29, 1.82) is 5.26 Å². The fourth-order valence-corrected chi connectivity index (χ4v) is 9.40. The number of carbonyl (C=O) groups excluding carboxylic acids is 1. The van der Waals surface area contributed by atoms with Gasteiger partial charge in [-0.25, -0.2) is 14.1 Å². The number of carbonyl (C=O) groups is 1. The molecule has 368 valence electrons. The van der Waals surface area contributed by atoms with E-state index in [2.05, 4.69) is 23.1 Å². The molecular weight excluding hydrogens is 897 g/mol. The van der Waals surface area contributed by atoms with Crippen molar-refractivity contribution in [2.75, 3.05) is 32.2 Å². The van der Waals surface area contributed by atoms with Gasteiger partial charge in [-0.05, 0) is 36.2 Å². The van der Waals surface area contributed by atoms with Crippen LogP contribution in [0.15, 0.2) is 73.1 Å². The van der Waals surface area contributed by atoms with Crippen LogP contribution in [0.4, 0.5) is 5.82 Å². The number of rotatable bonds is 33. The molecule has 0 amide bonds. The Morgan fingerprint density at radius 1 is 0.896 bits per heavy atom. The molecule has 67 heavy (non-hydrogen) atoms. The minimum absolute atomic E-state index is 0.00691. The molecule has 1 aliphatic rings. The second kappa shape index (κ2) is 28.4. The number of para-hydroxylation sites is 1. The number of hydrogen-bond donors (Lipinski definition) is 2. The summed E-state index contributed by atoms with van der Waals surface area (Å²) in [6.45, 7) is 5.46. The van der Waals surface area contributed by atoms with E-state index in [1.54, 1.807) is 38.1 Å². The SMILES string of the molecule is CCCCCCCCCCCCCCCCCCOC[C@H](COP(=O)(OC[C@H]1O[C@@](C#N)(c2ccc3c(N)ncnn23)[C@H](O)[C@@H]1OC(=O)C(C)C)Oc1ccccc1Cl)OCc1ccccc1. The number of aliphatic hydroxyl groups is 1. The Morgan fingerprint density at radius 3 is 2.15 bits per heavy atom. The average molecular weight is 969 g/mol. The van der Waals surface area contributed by atoms with Gasteiger partial charge in [0, 0.05) is 6.61 Å². The van der Waals surface area contributed by atoms with Crippen LogP contribution in [0.25, 0.3) is 5.52 Å². The molecule has 1 aliphatic heterocycles. The zero-order valence-corrected chi connectivity index (χ0v) is 41.1. The number of unbranched alkanes of at least 4 members (excludes halogenated alkanes) is 15. The zero-order chi connectivity index (χ0) is 47.9. The van der Waals surface area contributed by atoms with Crippen molar-refractivity contribution in [1.82, 2.24) is 14.6 Å². The maximum atomic E-state index is 14.8. The highest BCUT2D eigenvalue weighted by atomic mass is 35.5. The third-order valence-electron chi connectivity index (χ3n) is 11.8. The molecular formula is C50H71ClN5O10P. The second-order valence-corrected chi connectivity index (χ2v) is 19.5. The van der Waals surface area contributed by atoms with Gasteiger partial charge in [-0.3, -0.25) is 13.8 Å².